The van der Waals surface area contributed by atoms with Crippen molar-refractivity contribution in [3.05, 3.63) is 23.8 Å². The van der Waals surface area contributed by atoms with Crippen molar-refractivity contribution >= 4 is 18.9 Å². The molecule has 0 amide bonds. The van der Waals surface area contributed by atoms with Gasteiger partial charge >= 0.3 is 5.97 Å². The molecule has 0 saturated carbocycles. The van der Waals surface area contributed by atoms with E-state index < -0.39 is 5.97 Å². The Kier molecular flexibility index (Phi) is 4.02. The predicted octanol–water partition coefficient (Wildman–Crippen LogP) is 0.544. The first-order valence-corrected chi connectivity index (χ1v) is 4.16. The molecule has 0 aliphatic rings. The van der Waals surface area contributed by atoms with E-state index in [1.165, 1.54) is 25.3 Å². The summed E-state index contributed by atoms with van der Waals surface area (Å²) >= 11 is 0. The smallest absolute Gasteiger partial charge is 0.337 e. The van der Waals surface area contributed by atoms with Crippen molar-refractivity contribution in [2.24, 2.45) is 0 Å². The molecule has 0 unspecified atom stereocenters. The van der Waals surface area contributed by atoms with Crippen LogP contribution in [0.1, 0.15) is 10.4 Å². The van der Waals surface area contributed by atoms with Gasteiger partial charge in [-0.2, -0.15) is 0 Å². The molecular weight excluding hydrogens is 216 g/mol. The number of methoxy groups -OCH3 is 1. The number of esters is 1. The molecule has 0 aliphatic heterocycles. The summed E-state index contributed by atoms with van der Waals surface area (Å²) in [6, 6.07) is 3.93. The topological polar surface area (TPSA) is 78.9 Å². The lowest BCUT2D eigenvalue weighted by molar-refractivity contribution is -0.123. The number of carbonyl (C=O) groups excluding carboxylic acids is 3. The van der Waals surface area contributed by atoms with Crippen LogP contribution in [-0.4, -0.2) is 26.0 Å². The molecule has 0 aliphatic carbocycles. The molecule has 84 valence electrons. The Morgan fingerprint density at radius 1 is 1.12 bits per heavy atom. The fourth-order valence-corrected chi connectivity index (χ4v) is 1.05. The molecule has 0 saturated heterocycles. The maximum absolute atomic E-state index is 11.2. The maximum atomic E-state index is 11.2. The summed E-state index contributed by atoms with van der Waals surface area (Å²) < 4.78 is 13.6. The highest BCUT2D eigenvalue weighted by Gasteiger charge is 2.11. The first kappa shape index (κ1) is 11.7. The third-order valence-corrected chi connectivity index (χ3v) is 1.71. The van der Waals surface area contributed by atoms with E-state index in [0.717, 1.165) is 0 Å². The SMILES string of the molecule is COC(=O)c1ccc(OC=O)c(OC=O)c1. The van der Waals surface area contributed by atoms with Gasteiger partial charge in [0.25, 0.3) is 12.9 Å². The monoisotopic (exact) mass is 224 g/mol. The predicted molar refractivity (Wildman–Crippen MR) is 51.2 cm³/mol. The van der Waals surface area contributed by atoms with Crippen molar-refractivity contribution in [3.8, 4) is 11.5 Å². The Balaban J connectivity index is 3.10. The van der Waals surface area contributed by atoms with Crippen molar-refractivity contribution in [3.63, 3.8) is 0 Å². The van der Waals surface area contributed by atoms with E-state index in [9.17, 15) is 14.4 Å². The summed E-state index contributed by atoms with van der Waals surface area (Å²) in [6.45, 7) is 0.346. The van der Waals surface area contributed by atoms with Gasteiger partial charge in [0.15, 0.2) is 11.5 Å². The number of hydrogen-bond acceptors (Lipinski definition) is 6. The minimum Gasteiger partial charge on any atom is -0.465 e. The fraction of sp³-hybridized carbons (Fsp3) is 0.100. The summed E-state index contributed by atoms with van der Waals surface area (Å²) in [5.74, 6) is -0.590. The van der Waals surface area contributed by atoms with Crippen LogP contribution < -0.4 is 9.47 Å². The van der Waals surface area contributed by atoms with Crippen molar-refractivity contribution in [2.75, 3.05) is 7.11 Å². The van der Waals surface area contributed by atoms with Gasteiger partial charge in [0.05, 0.1) is 12.7 Å². The van der Waals surface area contributed by atoms with Crippen molar-refractivity contribution in [1.82, 2.24) is 0 Å². The number of carbonyl (C=O) groups is 3. The Hall–Kier alpha value is -2.37. The zero-order valence-electron chi connectivity index (χ0n) is 8.34. The van der Waals surface area contributed by atoms with Crippen LogP contribution in [0.4, 0.5) is 0 Å². The summed E-state index contributed by atoms with van der Waals surface area (Å²) in [6.07, 6.45) is 0. The third kappa shape index (κ3) is 2.57. The van der Waals surface area contributed by atoms with Crippen LogP contribution in [0.15, 0.2) is 18.2 Å². The van der Waals surface area contributed by atoms with Gasteiger partial charge in [0.2, 0.25) is 0 Å². The molecule has 0 spiro atoms. The van der Waals surface area contributed by atoms with E-state index in [-0.39, 0.29) is 30.0 Å². The van der Waals surface area contributed by atoms with Crippen LogP contribution in [-0.2, 0) is 14.3 Å². The highest BCUT2D eigenvalue weighted by Crippen LogP contribution is 2.27. The van der Waals surface area contributed by atoms with Gasteiger partial charge in [-0.1, -0.05) is 0 Å². The lowest BCUT2D eigenvalue weighted by Gasteiger charge is -2.06. The first-order valence-electron chi connectivity index (χ1n) is 4.16. The molecule has 16 heavy (non-hydrogen) atoms. The molecular formula is C10H8O6. The minimum absolute atomic E-state index is 0.0368. The first-order chi connectivity index (χ1) is 7.72. The van der Waals surface area contributed by atoms with Gasteiger partial charge in [-0.3, -0.25) is 9.59 Å². The fourth-order valence-electron chi connectivity index (χ4n) is 1.05. The van der Waals surface area contributed by atoms with Crippen LogP contribution in [0.5, 0.6) is 11.5 Å². The van der Waals surface area contributed by atoms with E-state index in [4.69, 9.17) is 0 Å². The van der Waals surface area contributed by atoms with Crippen LogP contribution in [0.3, 0.4) is 0 Å². The molecule has 1 rings (SSSR count). The van der Waals surface area contributed by atoms with E-state index >= 15 is 0 Å². The summed E-state index contributed by atoms with van der Waals surface area (Å²) in [5.41, 5.74) is 0.178. The van der Waals surface area contributed by atoms with Crippen LogP contribution in [0, 0.1) is 0 Å². The molecule has 0 heterocycles. The summed E-state index contributed by atoms with van der Waals surface area (Å²) in [7, 11) is 1.22. The average Bonchev–Trinajstić information content (AvgIpc) is 2.31. The lowest BCUT2D eigenvalue weighted by Crippen LogP contribution is -2.03. The van der Waals surface area contributed by atoms with E-state index in [2.05, 4.69) is 14.2 Å². The molecule has 0 N–H and O–H groups in total. The van der Waals surface area contributed by atoms with Crippen molar-refractivity contribution < 1.29 is 28.6 Å². The molecule has 1 aromatic rings. The highest BCUT2D eigenvalue weighted by atomic mass is 16.6. The van der Waals surface area contributed by atoms with E-state index in [0.29, 0.717) is 0 Å². The Morgan fingerprint density at radius 3 is 2.31 bits per heavy atom. The Morgan fingerprint density at radius 2 is 1.75 bits per heavy atom. The molecule has 0 bridgehead atoms. The molecule has 6 heteroatoms. The zero-order valence-corrected chi connectivity index (χ0v) is 8.34. The summed E-state index contributed by atoms with van der Waals surface area (Å²) in [4.78, 5) is 31.5. The molecule has 6 nitrogen and oxygen atoms in total. The van der Waals surface area contributed by atoms with Gasteiger partial charge in [0.1, 0.15) is 0 Å². The average molecular weight is 224 g/mol. The molecule has 0 aromatic heterocycles. The molecule has 1 aromatic carbocycles. The second-order valence-electron chi connectivity index (χ2n) is 2.58. The van der Waals surface area contributed by atoms with Gasteiger partial charge in [-0.15, -0.1) is 0 Å². The quantitative estimate of drug-likeness (QED) is 0.536. The second-order valence-corrected chi connectivity index (χ2v) is 2.58. The highest BCUT2D eigenvalue weighted by molar-refractivity contribution is 5.90. The largest absolute Gasteiger partial charge is 0.465 e. The van der Waals surface area contributed by atoms with Crippen molar-refractivity contribution in [1.29, 1.82) is 0 Å². The summed E-state index contributed by atoms with van der Waals surface area (Å²) in [5, 5.41) is 0. The molecule has 0 radical (unpaired) electrons. The minimum atomic E-state index is -0.589. The molecule has 0 atom stereocenters. The Bertz CT molecular complexity index is 412. The number of ether oxygens (including phenoxy) is 3. The second kappa shape index (κ2) is 5.50. The standard InChI is InChI=1S/C10H8O6/c1-14-10(13)7-2-3-8(15-5-11)9(4-7)16-6-12/h2-6H,1H3. The maximum Gasteiger partial charge on any atom is 0.337 e. The van der Waals surface area contributed by atoms with Gasteiger partial charge in [-0.05, 0) is 18.2 Å². The van der Waals surface area contributed by atoms with Gasteiger partial charge < -0.3 is 14.2 Å². The van der Waals surface area contributed by atoms with E-state index in [1.54, 1.807) is 0 Å². The molecule has 0 fully saturated rings. The Labute approximate surface area is 90.7 Å². The van der Waals surface area contributed by atoms with Crippen LogP contribution in [0.2, 0.25) is 0 Å². The lowest BCUT2D eigenvalue weighted by atomic mass is 10.2. The number of hydrogen-bond donors (Lipinski definition) is 0. The zero-order chi connectivity index (χ0) is 12.0. The van der Waals surface area contributed by atoms with Crippen molar-refractivity contribution in [2.45, 2.75) is 0 Å². The normalized spacial score (nSPS) is 9.06. The van der Waals surface area contributed by atoms with Crippen LogP contribution >= 0.6 is 0 Å². The number of rotatable bonds is 5. The van der Waals surface area contributed by atoms with Gasteiger partial charge in [-0.25, -0.2) is 4.79 Å². The number of benzene rings is 1. The third-order valence-electron chi connectivity index (χ3n) is 1.71. The van der Waals surface area contributed by atoms with E-state index in [1.807, 2.05) is 0 Å². The van der Waals surface area contributed by atoms with Gasteiger partial charge in [0, 0.05) is 0 Å². The van der Waals surface area contributed by atoms with Crippen LogP contribution in [0.25, 0.3) is 0 Å².